The number of halogens is 1. The third-order valence-electron chi connectivity index (χ3n) is 3.50. The molecule has 1 aromatic heterocycles. The summed E-state index contributed by atoms with van der Waals surface area (Å²) < 4.78 is 0. The lowest BCUT2D eigenvalue weighted by atomic mass is 10.1. The molecule has 1 atom stereocenters. The van der Waals surface area contributed by atoms with Crippen molar-refractivity contribution in [2.45, 2.75) is 13.0 Å². The minimum atomic E-state index is -0.120. The molecule has 4 nitrogen and oxygen atoms in total. The molecule has 0 aliphatic carbocycles. The molecular formula is C16H18ClN3O. The lowest BCUT2D eigenvalue weighted by Crippen LogP contribution is -2.30. The number of pyridine rings is 1. The SMILES string of the molecule is CNc1ccc(C(=O)N(C)C(C)c2cccc(Cl)c2)nc1. The van der Waals surface area contributed by atoms with Gasteiger partial charge >= 0.3 is 0 Å². The van der Waals surface area contributed by atoms with Crippen LogP contribution >= 0.6 is 11.6 Å². The molecule has 1 aromatic carbocycles. The van der Waals surface area contributed by atoms with Crippen LogP contribution in [0.15, 0.2) is 42.6 Å². The molecule has 2 rings (SSSR count). The highest BCUT2D eigenvalue weighted by molar-refractivity contribution is 6.30. The Hall–Kier alpha value is -2.07. The van der Waals surface area contributed by atoms with Crippen LogP contribution in [0.2, 0.25) is 5.02 Å². The number of anilines is 1. The summed E-state index contributed by atoms with van der Waals surface area (Å²) in [5.41, 5.74) is 2.28. The second-order valence-corrected chi connectivity index (χ2v) is 5.27. The van der Waals surface area contributed by atoms with E-state index in [1.807, 2.05) is 44.3 Å². The zero-order valence-electron chi connectivity index (χ0n) is 12.3. The Morgan fingerprint density at radius 2 is 2.10 bits per heavy atom. The van der Waals surface area contributed by atoms with Crippen LogP contribution in [0.5, 0.6) is 0 Å². The van der Waals surface area contributed by atoms with Gasteiger partial charge < -0.3 is 10.2 Å². The zero-order chi connectivity index (χ0) is 15.4. The van der Waals surface area contributed by atoms with Crippen molar-refractivity contribution in [1.29, 1.82) is 0 Å². The van der Waals surface area contributed by atoms with Crippen LogP contribution in [0, 0.1) is 0 Å². The Kier molecular flexibility index (Phi) is 4.81. The average molecular weight is 304 g/mol. The van der Waals surface area contributed by atoms with E-state index in [1.165, 1.54) is 0 Å². The van der Waals surface area contributed by atoms with Gasteiger partial charge in [0.05, 0.1) is 17.9 Å². The van der Waals surface area contributed by atoms with E-state index >= 15 is 0 Å². The first-order valence-electron chi connectivity index (χ1n) is 6.69. The van der Waals surface area contributed by atoms with E-state index in [0.29, 0.717) is 10.7 Å². The van der Waals surface area contributed by atoms with Crippen LogP contribution in [0.1, 0.15) is 29.0 Å². The van der Waals surface area contributed by atoms with Crippen LogP contribution in [0.3, 0.4) is 0 Å². The van der Waals surface area contributed by atoms with Gasteiger partial charge in [-0.1, -0.05) is 23.7 Å². The van der Waals surface area contributed by atoms with Gasteiger partial charge in [0.2, 0.25) is 0 Å². The molecule has 2 aromatic rings. The van der Waals surface area contributed by atoms with Crippen molar-refractivity contribution >= 4 is 23.2 Å². The summed E-state index contributed by atoms with van der Waals surface area (Å²) in [5.74, 6) is -0.120. The van der Waals surface area contributed by atoms with Crippen LogP contribution < -0.4 is 5.32 Å². The summed E-state index contributed by atoms with van der Waals surface area (Å²) in [6.45, 7) is 1.96. The maximum absolute atomic E-state index is 12.5. The quantitative estimate of drug-likeness (QED) is 0.938. The number of benzene rings is 1. The highest BCUT2D eigenvalue weighted by atomic mass is 35.5. The first kappa shape index (κ1) is 15.3. The largest absolute Gasteiger partial charge is 0.387 e. The van der Waals surface area contributed by atoms with Gasteiger partial charge in [-0.05, 0) is 36.8 Å². The van der Waals surface area contributed by atoms with Crippen molar-refractivity contribution < 1.29 is 4.79 Å². The van der Waals surface area contributed by atoms with Crippen molar-refractivity contribution in [1.82, 2.24) is 9.88 Å². The molecule has 0 aliphatic heterocycles. The highest BCUT2D eigenvalue weighted by Crippen LogP contribution is 2.23. The topological polar surface area (TPSA) is 45.2 Å². The fourth-order valence-corrected chi connectivity index (χ4v) is 2.21. The summed E-state index contributed by atoms with van der Waals surface area (Å²) in [7, 11) is 3.58. The molecule has 0 bridgehead atoms. The summed E-state index contributed by atoms with van der Waals surface area (Å²) in [6, 6.07) is 11.0. The van der Waals surface area contributed by atoms with Crippen molar-refractivity contribution in [2.24, 2.45) is 0 Å². The molecule has 1 N–H and O–H groups in total. The number of carbonyl (C=O) groups is 1. The Bertz CT molecular complexity index is 628. The predicted octanol–water partition coefficient (Wildman–Crippen LogP) is 3.61. The molecule has 0 aliphatic rings. The number of aromatic nitrogens is 1. The van der Waals surface area contributed by atoms with Crippen LogP contribution in [0.4, 0.5) is 5.69 Å². The molecule has 1 amide bonds. The summed E-state index contributed by atoms with van der Waals surface area (Å²) in [5, 5.41) is 3.64. The second-order valence-electron chi connectivity index (χ2n) is 4.83. The normalized spacial score (nSPS) is 11.8. The predicted molar refractivity (Wildman–Crippen MR) is 85.7 cm³/mol. The van der Waals surface area contributed by atoms with E-state index < -0.39 is 0 Å². The third kappa shape index (κ3) is 3.52. The van der Waals surface area contributed by atoms with Crippen molar-refractivity contribution in [3.63, 3.8) is 0 Å². The Morgan fingerprint density at radius 1 is 1.33 bits per heavy atom. The third-order valence-corrected chi connectivity index (χ3v) is 3.74. The maximum atomic E-state index is 12.5. The molecule has 1 unspecified atom stereocenters. The first-order valence-corrected chi connectivity index (χ1v) is 7.07. The van der Waals surface area contributed by atoms with E-state index in [1.54, 1.807) is 24.2 Å². The molecule has 0 saturated carbocycles. The van der Waals surface area contributed by atoms with E-state index in [9.17, 15) is 4.79 Å². The zero-order valence-corrected chi connectivity index (χ0v) is 13.1. The first-order chi connectivity index (χ1) is 10.0. The number of rotatable bonds is 4. The lowest BCUT2D eigenvalue weighted by molar-refractivity contribution is 0.0737. The molecule has 0 fully saturated rings. The second kappa shape index (κ2) is 6.59. The van der Waals surface area contributed by atoms with E-state index in [0.717, 1.165) is 11.3 Å². The van der Waals surface area contributed by atoms with Crippen molar-refractivity contribution in [3.05, 3.63) is 58.9 Å². The fraction of sp³-hybridized carbons (Fsp3) is 0.250. The van der Waals surface area contributed by atoms with Crippen LogP contribution in [0.25, 0.3) is 0 Å². The Morgan fingerprint density at radius 3 is 2.67 bits per heavy atom. The van der Waals surface area contributed by atoms with E-state index in [4.69, 9.17) is 11.6 Å². The van der Waals surface area contributed by atoms with Gasteiger partial charge in [0.25, 0.3) is 5.91 Å². The molecular weight excluding hydrogens is 286 g/mol. The van der Waals surface area contributed by atoms with Gasteiger partial charge in [-0.3, -0.25) is 4.79 Å². The minimum absolute atomic E-state index is 0.0815. The fourth-order valence-electron chi connectivity index (χ4n) is 2.01. The lowest BCUT2D eigenvalue weighted by Gasteiger charge is -2.25. The number of carbonyl (C=O) groups excluding carboxylic acids is 1. The number of hydrogen-bond acceptors (Lipinski definition) is 3. The summed E-state index contributed by atoms with van der Waals surface area (Å²) in [6.07, 6.45) is 1.64. The Balaban J connectivity index is 2.17. The molecule has 0 saturated heterocycles. The molecule has 5 heteroatoms. The summed E-state index contributed by atoms with van der Waals surface area (Å²) in [4.78, 5) is 18.3. The van der Waals surface area contributed by atoms with Gasteiger partial charge in [0, 0.05) is 19.1 Å². The van der Waals surface area contributed by atoms with Gasteiger partial charge in [0.15, 0.2) is 0 Å². The van der Waals surface area contributed by atoms with Gasteiger partial charge in [-0.25, -0.2) is 4.98 Å². The smallest absolute Gasteiger partial charge is 0.272 e. The standard InChI is InChI=1S/C16H18ClN3O/c1-11(12-5-4-6-13(17)9-12)20(3)16(21)15-8-7-14(18-2)10-19-15/h4-11,18H,1-3H3. The van der Waals surface area contributed by atoms with E-state index in [-0.39, 0.29) is 11.9 Å². The maximum Gasteiger partial charge on any atom is 0.272 e. The average Bonchev–Trinajstić information content (AvgIpc) is 2.53. The summed E-state index contributed by atoms with van der Waals surface area (Å²) >= 11 is 6.00. The van der Waals surface area contributed by atoms with Crippen molar-refractivity contribution in [2.75, 3.05) is 19.4 Å². The molecule has 21 heavy (non-hydrogen) atoms. The molecule has 0 radical (unpaired) electrons. The number of nitrogens with zero attached hydrogens (tertiary/aromatic N) is 2. The molecule has 0 spiro atoms. The van der Waals surface area contributed by atoms with E-state index in [2.05, 4.69) is 10.3 Å². The number of amides is 1. The minimum Gasteiger partial charge on any atom is -0.387 e. The number of nitrogens with one attached hydrogen (secondary N) is 1. The van der Waals surface area contributed by atoms with Crippen LogP contribution in [-0.2, 0) is 0 Å². The van der Waals surface area contributed by atoms with Gasteiger partial charge in [0.1, 0.15) is 5.69 Å². The monoisotopic (exact) mass is 303 g/mol. The van der Waals surface area contributed by atoms with Gasteiger partial charge in [-0.2, -0.15) is 0 Å². The molecule has 110 valence electrons. The highest BCUT2D eigenvalue weighted by Gasteiger charge is 2.20. The Labute approximate surface area is 129 Å². The number of hydrogen-bond donors (Lipinski definition) is 1. The van der Waals surface area contributed by atoms with Crippen LogP contribution in [-0.4, -0.2) is 29.9 Å². The van der Waals surface area contributed by atoms with Gasteiger partial charge in [-0.15, -0.1) is 0 Å². The molecule has 1 heterocycles. The van der Waals surface area contributed by atoms with Crippen molar-refractivity contribution in [3.8, 4) is 0 Å².